The molecule has 0 N–H and O–H groups in total. The van der Waals surface area contributed by atoms with Crippen LogP contribution >= 0.6 is 11.6 Å². The molecule has 0 bridgehead atoms. The Kier molecular flexibility index (Phi) is 4.40. The number of nitrogens with zero attached hydrogens (tertiary/aromatic N) is 2. The standard InChI is InChI=1S/C23H18ClFN2O2/c1-28-15-7-4-6-14(12-15)19-13-20-16-8-2-3-11-21(16)29-23(27(20)26-19)22-17(24)9-5-10-18(22)25/h2-12,20,23H,13H2,1H3/t20-,23+/m1/s1. The smallest absolute Gasteiger partial charge is 0.218 e. The summed E-state index contributed by atoms with van der Waals surface area (Å²) >= 11 is 6.36. The van der Waals surface area contributed by atoms with Gasteiger partial charge in [0.05, 0.1) is 29.4 Å². The highest BCUT2D eigenvalue weighted by molar-refractivity contribution is 6.31. The number of hydrogen-bond acceptors (Lipinski definition) is 4. The largest absolute Gasteiger partial charge is 0.497 e. The van der Waals surface area contributed by atoms with Crippen molar-refractivity contribution >= 4 is 17.3 Å². The third kappa shape index (κ3) is 3.02. The van der Waals surface area contributed by atoms with Crippen molar-refractivity contribution in [3.63, 3.8) is 0 Å². The zero-order valence-corrected chi connectivity index (χ0v) is 16.4. The molecule has 2 aliphatic rings. The Hall–Kier alpha value is -3.05. The lowest BCUT2D eigenvalue weighted by Crippen LogP contribution is -2.34. The number of ether oxygens (including phenoxy) is 2. The van der Waals surface area contributed by atoms with Crippen molar-refractivity contribution in [1.29, 1.82) is 0 Å². The highest BCUT2D eigenvalue weighted by atomic mass is 35.5. The van der Waals surface area contributed by atoms with E-state index in [1.807, 2.05) is 53.5 Å². The van der Waals surface area contributed by atoms with Crippen molar-refractivity contribution < 1.29 is 13.9 Å². The molecular formula is C23H18ClFN2O2. The summed E-state index contributed by atoms with van der Waals surface area (Å²) in [6, 6.07) is 20.2. The van der Waals surface area contributed by atoms with Gasteiger partial charge < -0.3 is 9.47 Å². The first-order chi connectivity index (χ1) is 14.2. The molecule has 6 heteroatoms. The lowest BCUT2D eigenvalue weighted by Gasteiger charge is -2.38. The molecule has 0 aliphatic carbocycles. The van der Waals surface area contributed by atoms with E-state index >= 15 is 0 Å². The predicted molar refractivity (Wildman–Crippen MR) is 110 cm³/mol. The zero-order chi connectivity index (χ0) is 20.0. The Balaban J connectivity index is 1.63. The molecule has 0 saturated carbocycles. The van der Waals surface area contributed by atoms with Crippen molar-refractivity contribution in [3.8, 4) is 11.5 Å². The average molecular weight is 409 g/mol. The third-order valence-electron chi connectivity index (χ3n) is 5.35. The van der Waals surface area contributed by atoms with Crippen molar-refractivity contribution in [1.82, 2.24) is 5.01 Å². The molecule has 4 nitrogen and oxygen atoms in total. The van der Waals surface area contributed by atoms with E-state index < -0.39 is 12.0 Å². The van der Waals surface area contributed by atoms with Gasteiger partial charge in [-0.15, -0.1) is 0 Å². The highest BCUT2D eigenvalue weighted by Gasteiger charge is 2.42. The number of para-hydroxylation sites is 1. The van der Waals surface area contributed by atoms with Crippen molar-refractivity contribution in [2.75, 3.05) is 7.11 Å². The maximum Gasteiger partial charge on any atom is 0.218 e. The molecule has 5 rings (SSSR count). The quantitative estimate of drug-likeness (QED) is 0.555. The Morgan fingerprint density at radius 1 is 1.10 bits per heavy atom. The number of benzene rings is 3. The lowest BCUT2D eigenvalue weighted by atomic mass is 9.96. The molecule has 0 fully saturated rings. The average Bonchev–Trinajstić information content (AvgIpc) is 3.20. The summed E-state index contributed by atoms with van der Waals surface area (Å²) in [6.45, 7) is 0. The molecule has 0 amide bonds. The number of methoxy groups -OCH3 is 1. The first kappa shape index (κ1) is 18.0. The molecule has 0 spiro atoms. The molecule has 0 aromatic heterocycles. The van der Waals surface area contributed by atoms with E-state index in [9.17, 15) is 4.39 Å². The van der Waals surface area contributed by atoms with Crippen molar-refractivity contribution in [2.24, 2.45) is 5.10 Å². The molecule has 0 unspecified atom stereocenters. The van der Waals surface area contributed by atoms with Gasteiger partial charge in [0.15, 0.2) is 0 Å². The van der Waals surface area contributed by atoms with Crippen LogP contribution in [-0.2, 0) is 0 Å². The third-order valence-corrected chi connectivity index (χ3v) is 5.68. The summed E-state index contributed by atoms with van der Waals surface area (Å²) in [7, 11) is 1.64. The van der Waals surface area contributed by atoms with E-state index in [0.717, 1.165) is 28.3 Å². The van der Waals surface area contributed by atoms with Crippen LogP contribution in [0.15, 0.2) is 71.8 Å². The maximum absolute atomic E-state index is 14.7. The fourth-order valence-corrected chi connectivity index (χ4v) is 4.20. The second kappa shape index (κ2) is 7.08. The summed E-state index contributed by atoms with van der Waals surface area (Å²) < 4.78 is 26.3. The van der Waals surface area contributed by atoms with Gasteiger partial charge in [-0.2, -0.15) is 5.10 Å². The van der Waals surface area contributed by atoms with Gasteiger partial charge in [-0.1, -0.05) is 48.0 Å². The minimum absolute atomic E-state index is 0.0678. The molecule has 2 atom stereocenters. The van der Waals surface area contributed by atoms with Crippen LogP contribution < -0.4 is 9.47 Å². The van der Waals surface area contributed by atoms with Gasteiger partial charge in [-0.05, 0) is 30.3 Å². The number of hydrazone groups is 1. The Morgan fingerprint density at radius 3 is 2.76 bits per heavy atom. The molecule has 0 saturated heterocycles. The van der Waals surface area contributed by atoms with Crippen LogP contribution in [0.2, 0.25) is 5.02 Å². The summed E-state index contributed by atoms with van der Waals surface area (Å²) in [4.78, 5) is 0. The number of rotatable bonds is 3. The first-order valence-corrected chi connectivity index (χ1v) is 9.73. The molecule has 3 aromatic rings. The fraction of sp³-hybridized carbons (Fsp3) is 0.174. The minimum atomic E-state index is -0.744. The summed E-state index contributed by atoms with van der Waals surface area (Å²) in [5.74, 6) is 1.08. The molecule has 146 valence electrons. The van der Waals surface area contributed by atoms with Gasteiger partial charge in [0.1, 0.15) is 17.3 Å². The second-order valence-corrected chi connectivity index (χ2v) is 7.43. The predicted octanol–water partition coefficient (Wildman–Crippen LogP) is 5.73. The molecule has 3 aromatic carbocycles. The van der Waals surface area contributed by atoms with Gasteiger partial charge in [0.25, 0.3) is 0 Å². The maximum atomic E-state index is 14.7. The summed E-state index contributed by atoms with van der Waals surface area (Å²) in [6.07, 6.45) is -0.0671. The molecule has 2 aliphatic heterocycles. The Labute approximate surface area is 173 Å². The van der Waals surface area contributed by atoms with Crippen LogP contribution in [0.4, 0.5) is 4.39 Å². The summed E-state index contributed by atoms with van der Waals surface area (Å²) in [5.41, 5.74) is 3.18. The van der Waals surface area contributed by atoms with Crippen LogP contribution in [0.3, 0.4) is 0 Å². The van der Waals surface area contributed by atoms with E-state index in [4.69, 9.17) is 26.2 Å². The van der Waals surface area contributed by atoms with Gasteiger partial charge in [0.2, 0.25) is 6.23 Å². The molecule has 2 heterocycles. The van der Waals surface area contributed by atoms with Crippen LogP contribution in [0, 0.1) is 5.82 Å². The van der Waals surface area contributed by atoms with E-state index in [-0.39, 0.29) is 6.04 Å². The van der Waals surface area contributed by atoms with Crippen molar-refractivity contribution in [2.45, 2.75) is 18.7 Å². The van der Waals surface area contributed by atoms with E-state index in [1.165, 1.54) is 6.07 Å². The zero-order valence-electron chi connectivity index (χ0n) is 15.7. The van der Waals surface area contributed by atoms with E-state index in [0.29, 0.717) is 17.0 Å². The van der Waals surface area contributed by atoms with Crippen LogP contribution in [0.5, 0.6) is 11.5 Å². The molecule has 0 radical (unpaired) electrons. The van der Waals surface area contributed by atoms with Gasteiger partial charge in [0, 0.05) is 17.5 Å². The van der Waals surface area contributed by atoms with E-state index in [1.54, 1.807) is 19.2 Å². The van der Waals surface area contributed by atoms with Gasteiger partial charge >= 0.3 is 0 Å². The Morgan fingerprint density at radius 2 is 1.93 bits per heavy atom. The number of fused-ring (bicyclic) bond motifs is 3. The van der Waals surface area contributed by atoms with Crippen LogP contribution in [0.25, 0.3) is 0 Å². The molecule has 29 heavy (non-hydrogen) atoms. The van der Waals surface area contributed by atoms with E-state index in [2.05, 4.69) is 0 Å². The normalized spacial score (nSPS) is 19.8. The van der Waals surface area contributed by atoms with Crippen LogP contribution in [-0.4, -0.2) is 17.8 Å². The first-order valence-electron chi connectivity index (χ1n) is 9.35. The number of halogens is 2. The summed E-state index contributed by atoms with van der Waals surface area (Å²) in [5, 5.41) is 6.98. The monoisotopic (exact) mass is 408 g/mol. The molecular weight excluding hydrogens is 391 g/mol. The number of hydrogen-bond donors (Lipinski definition) is 0. The van der Waals surface area contributed by atoms with Crippen molar-refractivity contribution in [3.05, 3.63) is 94.3 Å². The van der Waals surface area contributed by atoms with Gasteiger partial charge in [-0.3, -0.25) is 0 Å². The van der Waals surface area contributed by atoms with Crippen LogP contribution in [0.1, 0.15) is 35.4 Å². The lowest BCUT2D eigenvalue weighted by molar-refractivity contribution is -0.0211. The Bertz CT molecular complexity index is 1100. The highest BCUT2D eigenvalue weighted by Crippen LogP contribution is 2.48. The van der Waals surface area contributed by atoms with Gasteiger partial charge in [-0.25, -0.2) is 9.40 Å². The fourth-order valence-electron chi connectivity index (χ4n) is 3.95. The minimum Gasteiger partial charge on any atom is -0.497 e. The second-order valence-electron chi connectivity index (χ2n) is 7.02. The topological polar surface area (TPSA) is 34.1 Å². The SMILES string of the molecule is COc1cccc(C2=NN3[C@H](C2)c2ccccc2O[C@H]3c2c(F)cccc2Cl)c1.